The standard InChI is InChI=1S/C16H24O2/c1-12-6-8-14(9-7-12)16(17)11-13-4-3-5-15(10-13)18-2/h3-5,10,12,14,16-17H,6-9,11H2,1-2H3. The second-order valence-electron chi connectivity index (χ2n) is 5.64. The molecule has 100 valence electrons. The maximum Gasteiger partial charge on any atom is 0.119 e. The normalized spacial score (nSPS) is 25.7. The Bertz CT molecular complexity index is 367. The van der Waals surface area contributed by atoms with Gasteiger partial charge in [-0.2, -0.15) is 0 Å². The van der Waals surface area contributed by atoms with E-state index in [-0.39, 0.29) is 6.10 Å². The van der Waals surface area contributed by atoms with Gasteiger partial charge < -0.3 is 9.84 Å². The fourth-order valence-corrected chi connectivity index (χ4v) is 2.88. The molecule has 0 radical (unpaired) electrons. The summed E-state index contributed by atoms with van der Waals surface area (Å²) in [4.78, 5) is 0. The fraction of sp³-hybridized carbons (Fsp3) is 0.625. The molecule has 0 saturated heterocycles. The highest BCUT2D eigenvalue weighted by Gasteiger charge is 2.24. The van der Waals surface area contributed by atoms with Crippen molar-refractivity contribution in [2.45, 2.75) is 45.1 Å². The van der Waals surface area contributed by atoms with Gasteiger partial charge in [0.25, 0.3) is 0 Å². The zero-order chi connectivity index (χ0) is 13.0. The van der Waals surface area contributed by atoms with Gasteiger partial charge in [-0.1, -0.05) is 31.9 Å². The molecule has 2 nitrogen and oxygen atoms in total. The van der Waals surface area contributed by atoms with Crippen LogP contribution in [0.3, 0.4) is 0 Å². The van der Waals surface area contributed by atoms with Crippen LogP contribution in [0.15, 0.2) is 24.3 Å². The highest BCUT2D eigenvalue weighted by Crippen LogP contribution is 2.31. The molecular formula is C16H24O2. The molecule has 0 aromatic heterocycles. The SMILES string of the molecule is COc1cccc(CC(O)C2CCC(C)CC2)c1. The molecule has 0 bridgehead atoms. The molecule has 1 atom stereocenters. The maximum atomic E-state index is 10.3. The topological polar surface area (TPSA) is 29.5 Å². The maximum absolute atomic E-state index is 10.3. The molecule has 1 unspecified atom stereocenters. The Morgan fingerprint density at radius 2 is 2.00 bits per heavy atom. The van der Waals surface area contributed by atoms with Crippen molar-refractivity contribution < 1.29 is 9.84 Å². The van der Waals surface area contributed by atoms with Gasteiger partial charge in [-0.05, 0) is 48.8 Å². The lowest BCUT2D eigenvalue weighted by atomic mass is 9.79. The van der Waals surface area contributed by atoms with Crippen molar-refractivity contribution in [2.75, 3.05) is 7.11 Å². The van der Waals surface area contributed by atoms with Gasteiger partial charge >= 0.3 is 0 Å². The second kappa shape index (κ2) is 6.24. The highest BCUT2D eigenvalue weighted by atomic mass is 16.5. The minimum Gasteiger partial charge on any atom is -0.497 e. The number of aliphatic hydroxyl groups is 1. The van der Waals surface area contributed by atoms with Crippen molar-refractivity contribution in [3.63, 3.8) is 0 Å². The van der Waals surface area contributed by atoms with Crippen LogP contribution in [-0.2, 0) is 6.42 Å². The van der Waals surface area contributed by atoms with Crippen LogP contribution in [-0.4, -0.2) is 18.3 Å². The van der Waals surface area contributed by atoms with Gasteiger partial charge in [0.15, 0.2) is 0 Å². The number of methoxy groups -OCH3 is 1. The lowest BCUT2D eigenvalue weighted by Crippen LogP contribution is -2.26. The van der Waals surface area contributed by atoms with Crippen LogP contribution < -0.4 is 4.74 Å². The average molecular weight is 248 g/mol. The van der Waals surface area contributed by atoms with Gasteiger partial charge in [0.05, 0.1) is 13.2 Å². The Morgan fingerprint density at radius 1 is 1.28 bits per heavy atom. The molecule has 1 saturated carbocycles. The third kappa shape index (κ3) is 3.49. The quantitative estimate of drug-likeness (QED) is 0.884. The van der Waals surface area contributed by atoms with Crippen LogP contribution in [0.1, 0.15) is 38.2 Å². The van der Waals surface area contributed by atoms with Crippen LogP contribution in [0, 0.1) is 11.8 Å². The van der Waals surface area contributed by atoms with Gasteiger partial charge in [-0.3, -0.25) is 0 Å². The number of rotatable bonds is 4. The van der Waals surface area contributed by atoms with Gasteiger partial charge in [0, 0.05) is 0 Å². The Balaban J connectivity index is 1.91. The minimum atomic E-state index is -0.204. The summed E-state index contributed by atoms with van der Waals surface area (Å²) >= 11 is 0. The van der Waals surface area contributed by atoms with E-state index >= 15 is 0 Å². The molecule has 1 fully saturated rings. The molecule has 1 aromatic rings. The number of hydrogen-bond donors (Lipinski definition) is 1. The molecule has 1 aromatic carbocycles. The summed E-state index contributed by atoms with van der Waals surface area (Å²) in [5.74, 6) is 2.19. The van der Waals surface area contributed by atoms with E-state index in [2.05, 4.69) is 13.0 Å². The Morgan fingerprint density at radius 3 is 2.67 bits per heavy atom. The monoisotopic (exact) mass is 248 g/mol. The number of benzene rings is 1. The first-order valence-electron chi connectivity index (χ1n) is 7.00. The van der Waals surface area contributed by atoms with E-state index in [1.54, 1.807) is 7.11 Å². The summed E-state index contributed by atoms with van der Waals surface area (Å²) in [5, 5.41) is 10.3. The summed E-state index contributed by atoms with van der Waals surface area (Å²) < 4.78 is 5.21. The minimum absolute atomic E-state index is 0.204. The van der Waals surface area contributed by atoms with E-state index in [9.17, 15) is 5.11 Å². The Kier molecular flexibility index (Phi) is 4.65. The molecule has 1 N–H and O–H groups in total. The number of aliphatic hydroxyl groups excluding tert-OH is 1. The van der Waals surface area contributed by atoms with Crippen LogP contribution in [0.2, 0.25) is 0 Å². The zero-order valence-electron chi connectivity index (χ0n) is 11.4. The first kappa shape index (κ1) is 13.4. The van der Waals surface area contributed by atoms with E-state index in [1.807, 2.05) is 18.2 Å². The van der Waals surface area contributed by atoms with E-state index in [4.69, 9.17) is 4.74 Å². The lowest BCUT2D eigenvalue weighted by Gasteiger charge is -2.30. The molecule has 2 heteroatoms. The fourth-order valence-electron chi connectivity index (χ4n) is 2.88. The average Bonchev–Trinajstić information content (AvgIpc) is 2.39. The third-order valence-electron chi connectivity index (χ3n) is 4.18. The van der Waals surface area contributed by atoms with E-state index < -0.39 is 0 Å². The molecule has 0 aliphatic heterocycles. The zero-order valence-corrected chi connectivity index (χ0v) is 11.4. The van der Waals surface area contributed by atoms with Crippen molar-refractivity contribution in [1.82, 2.24) is 0 Å². The predicted molar refractivity (Wildman–Crippen MR) is 73.8 cm³/mol. The summed E-state index contributed by atoms with van der Waals surface area (Å²) in [6, 6.07) is 8.02. The van der Waals surface area contributed by atoms with Crippen molar-refractivity contribution in [3.05, 3.63) is 29.8 Å². The summed E-state index contributed by atoms with van der Waals surface area (Å²) in [6.45, 7) is 2.31. The molecule has 2 rings (SSSR count). The Hall–Kier alpha value is -1.02. The predicted octanol–water partition coefficient (Wildman–Crippen LogP) is 3.42. The van der Waals surface area contributed by atoms with Gasteiger partial charge in [0.1, 0.15) is 5.75 Å². The van der Waals surface area contributed by atoms with Crippen molar-refractivity contribution in [2.24, 2.45) is 11.8 Å². The van der Waals surface area contributed by atoms with E-state index in [0.717, 1.165) is 18.1 Å². The van der Waals surface area contributed by atoms with Crippen LogP contribution in [0.4, 0.5) is 0 Å². The summed E-state index contributed by atoms with van der Waals surface area (Å²) in [7, 11) is 1.68. The smallest absolute Gasteiger partial charge is 0.119 e. The van der Waals surface area contributed by atoms with Crippen molar-refractivity contribution in [3.8, 4) is 5.75 Å². The molecule has 18 heavy (non-hydrogen) atoms. The first-order chi connectivity index (χ1) is 8.69. The first-order valence-corrected chi connectivity index (χ1v) is 7.00. The van der Waals surface area contributed by atoms with Crippen LogP contribution in [0.25, 0.3) is 0 Å². The largest absolute Gasteiger partial charge is 0.497 e. The summed E-state index contributed by atoms with van der Waals surface area (Å²) in [6.07, 6.45) is 5.42. The van der Waals surface area contributed by atoms with Crippen LogP contribution >= 0.6 is 0 Å². The van der Waals surface area contributed by atoms with Crippen LogP contribution in [0.5, 0.6) is 5.75 Å². The molecule has 0 heterocycles. The van der Waals surface area contributed by atoms with Gasteiger partial charge in [0.2, 0.25) is 0 Å². The van der Waals surface area contributed by atoms with Crippen molar-refractivity contribution >= 4 is 0 Å². The van der Waals surface area contributed by atoms with E-state index in [1.165, 1.54) is 31.2 Å². The number of ether oxygens (including phenoxy) is 1. The lowest BCUT2D eigenvalue weighted by molar-refractivity contribution is 0.0760. The van der Waals surface area contributed by atoms with Crippen molar-refractivity contribution in [1.29, 1.82) is 0 Å². The second-order valence-corrected chi connectivity index (χ2v) is 5.64. The molecule has 1 aliphatic carbocycles. The van der Waals surface area contributed by atoms with Gasteiger partial charge in [-0.15, -0.1) is 0 Å². The van der Waals surface area contributed by atoms with E-state index in [0.29, 0.717) is 5.92 Å². The highest BCUT2D eigenvalue weighted by molar-refractivity contribution is 5.28. The molecular weight excluding hydrogens is 224 g/mol. The number of hydrogen-bond acceptors (Lipinski definition) is 2. The Labute approximate surface area is 110 Å². The third-order valence-corrected chi connectivity index (χ3v) is 4.18. The molecule has 1 aliphatic rings. The molecule has 0 spiro atoms. The summed E-state index contributed by atoms with van der Waals surface area (Å²) in [5.41, 5.74) is 1.17. The van der Waals surface area contributed by atoms with Gasteiger partial charge in [-0.25, -0.2) is 0 Å². The molecule has 0 amide bonds.